The van der Waals surface area contributed by atoms with Crippen molar-refractivity contribution in [2.75, 3.05) is 5.32 Å². The molecule has 1 aromatic carbocycles. The smallest absolute Gasteiger partial charge is 0.125 e. The standard InChI is InChI=1S/C13H14ClN3/c1-9-12(14)4-3-5-13(9)16-8-11-6-7-15-10(2)17-11/h3-7,16H,8H2,1-2H3. The molecule has 0 fully saturated rings. The van der Waals surface area contributed by atoms with Gasteiger partial charge in [-0.05, 0) is 37.6 Å². The van der Waals surface area contributed by atoms with Gasteiger partial charge in [-0.25, -0.2) is 9.97 Å². The SMILES string of the molecule is Cc1nccc(CNc2cccc(Cl)c2C)n1. The Morgan fingerprint density at radius 1 is 1.24 bits per heavy atom. The van der Waals surface area contributed by atoms with Gasteiger partial charge >= 0.3 is 0 Å². The lowest BCUT2D eigenvalue weighted by Gasteiger charge is -2.10. The van der Waals surface area contributed by atoms with E-state index in [2.05, 4.69) is 15.3 Å². The molecule has 0 spiro atoms. The molecule has 1 N–H and O–H groups in total. The van der Waals surface area contributed by atoms with Crippen LogP contribution in [-0.2, 0) is 6.54 Å². The van der Waals surface area contributed by atoms with Crippen molar-refractivity contribution in [1.82, 2.24) is 9.97 Å². The van der Waals surface area contributed by atoms with Crippen molar-refractivity contribution in [3.63, 3.8) is 0 Å². The first-order chi connectivity index (χ1) is 8.16. The third kappa shape index (κ3) is 2.94. The Bertz CT molecular complexity index is 526. The minimum atomic E-state index is 0.671. The average Bonchev–Trinajstić information content (AvgIpc) is 2.31. The Labute approximate surface area is 106 Å². The molecule has 0 aliphatic heterocycles. The largest absolute Gasteiger partial charge is 0.379 e. The lowest BCUT2D eigenvalue weighted by molar-refractivity contribution is 0.954. The fraction of sp³-hybridized carbons (Fsp3) is 0.231. The van der Waals surface area contributed by atoms with Crippen molar-refractivity contribution in [2.24, 2.45) is 0 Å². The van der Waals surface area contributed by atoms with Gasteiger partial charge in [0, 0.05) is 16.9 Å². The van der Waals surface area contributed by atoms with Crippen LogP contribution in [0, 0.1) is 13.8 Å². The summed E-state index contributed by atoms with van der Waals surface area (Å²) in [5.74, 6) is 0.784. The quantitative estimate of drug-likeness (QED) is 0.904. The van der Waals surface area contributed by atoms with Crippen molar-refractivity contribution >= 4 is 17.3 Å². The van der Waals surface area contributed by atoms with Crippen LogP contribution in [0.3, 0.4) is 0 Å². The number of hydrogen-bond donors (Lipinski definition) is 1. The number of halogens is 1. The van der Waals surface area contributed by atoms with E-state index >= 15 is 0 Å². The van der Waals surface area contributed by atoms with Gasteiger partial charge in [0.2, 0.25) is 0 Å². The minimum absolute atomic E-state index is 0.671. The molecule has 4 heteroatoms. The fourth-order valence-electron chi connectivity index (χ4n) is 1.59. The van der Waals surface area contributed by atoms with Crippen LogP contribution >= 0.6 is 11.6 Å². The molecule has 0 amide bonds. The zero-order valence-electron chi connectivity index (χ0n) is 9.87. The van der Waals surface area contributed by atoms with Crippen molar-refractivity contribution in [3.05, 3.63) is 52.6 Å². The van der Waals surface area contributed by atoms with Gasteiger partial charge in [0.25, 0.3) is 0 Å². The summed E-state index contributed by atoms with van der Waals surface area (Å²) in [6, 6.07) is 7.73. The maximum Gasteiger partial charge on any atom is 0.125 e. The van der Waals surface area contributed by atoms with Gasteiger partial charge in [-0.1, -0.05) is 17.7 Å². The van der Waals surface area contributed by atoms with Crippen LogP contribution in [0.1, 0.15) is 17.1 Å². The molecule has 0 aliphatic rings. The molecule has 2 rings (SSSR count). The van der Waals surface area contributed by atoms with E-state index in [0.717, 1.165) is 27.8 Å². The number of rotatable bonds is 3. The number of nitrogens with zero attached hydrogens (tertiary/aromatic N) is 2. The zero-order chi connectivity index (χ0) is 12.3. The third-order valence-electron chi connectivity index (χ3n) is 2.56. The highest BCUT2D eigenvalue weighted by molar-refractivity contribution is 6.31. The normalized spacial score (nSPS) is 10.3. The molecule has 0 atom stereocenters. The van der Waals surface area contributed by atoms with Gasteiger partial charge in [-0.15, -0.1) is 0 Å². The lowest BCUT2D eigenvalue weighted by Crippen LogP contribution is -2.04. The Kier molecular flexibility index (Phi) is 3.59. The second-order valence-electron chi connectivity index (χ2n) is 3.86. The lowest BCUT2D eigenvalue weighted by atomic mass is 10.2. The van der Waals surface area contributed by atoms with Crippen LogP contribution in [0.2, 0.25) is 5.02 Å². The summed E-state index contributed by atoms with van der Waals surface area (Å²) < 4.78 is 0. The number of aromatic nitrogens is 2. The van der Waals surface area contributed by atoms with E-state index in [4.69, 9.17) is 11.6 Å². The van der Waals surface area contributed by atoms with Crippen LogP contribution in [-0.4, -0.2) is 9.97 Å². The Morgan fingerprint density at radius 2 is 2.06 bits per heavy atom. The zero-order valence-corrected chi connectivity index (χ0v) is 10.6. The fourth-order valence-corrected chi connectivity index (χ4v) is 1.76. The van der Waals surface area contributed by atoms with Crippen LogP contribution in [0.5, 0.6) is 0 Å². The molecule has 0 saturated carbocycles. The van der Waals surface area contributed by atoms with E-state index in [9.17, 15) is 0 Å². The molecule has 0 unspecified atom stereocenters. The molecule has 0 saturated heterocycles. The molecule has 3 nitrogen and oxygen atoms in total. The maximum absolute atomic E-state index is 6.06. The maximum atomic E-state index is 6.06. The number of hydrogen-bond acceptors (Lipinski definition) is 3. The molecule has 17 heavy (non-hydrogen) atoms. The van der Waals surface area contributed by atoms with Crippen molar-refractivity contribution in [2.45, 2.75) is 20.4 Å². The molecular weight excluding hydrogens is 234 g/mol. The summed E-state index contributed by atoms with van der Waals surface area (Å²) >= 11 is 6.06. The summed E-state index contributed by atoms with van der Waals surface area (Å²) in [5, 5.41) is 4.09. The van der Waals surface area contributed by atoms with Crippen molar-refractivity contribution in [1.29, 1.82) is 0 Å². The van der Waals surface area contributed by atoms with Gasteiger partial charge < -0.3 is 5.32 Å². The van der Waals surface area contributed by atoms with E-state index in [-0.39, 0.29) is 0 Å². The molecule has 1 heterocycles. The second-order valence-corrected chi connectivity index (χ2v) is 4.27. The summed E-state index contributed by atoms with van der Waals surface area (Å²) in [6.45, 7) is 4.55. The molecule has 88 valence electrons. The molecular formula is C13H14ClN3. The highest BCUT2D eigenvalue weighted by atomic mass is 35.5. The van der Waals surface area contributed by atoms with Crippen LogP contribution in [0.25, 0.3) is 0 Å². The first-order valence-electron chi connectivity index (χ1n) is 5.44. The predicted octanol–water partition coefficient (Wildman–Crippen LogP) is 3.36. The summed E-state index contributed by atoms with van der Waals surface area (Å²) in [6.07, 6.45) is 1.77. The average molecular weight is 248 g/mol. The molecule has 0 aliphatic carbocycles. The van der Waals surface area contributed by atoms with E-state index in [1.807, 2.05) is 38.1 Å². The van der Waals surface area contributed by atoms with Crippen LogP contribution in [0.4, 0.5) is 5.69 Å². The van der Waals surface area contributed by atoms with E-state index in [0.29, 0.717) is 6.54 Å². The van der Waals surface area contributed by atoms with Gasteiger partial charge in [0.05, 0.1) is 12.2 Å². The number of aryl methyl sites for hydroxylation is 1. The predicted molar refractivity (Wildman–Crippen MR) is 70.3 cm³/mol. The number of benzene rings is 1. The van der Waals surface area contributed by atoms with Crippen molar-refractivity contribution in [3.8, 4) is 0 Å². The Morgan fingerprint density at radius 3 is 2.82 bits per heavy atom. The van der Waals surface area contributed by atoms with Gasteiger partial charge in [0.15, 0.2) is 0 Å². The van der Waals surface area contributed by atoms with Crippen LogP contribution in [0.15, 0.2) is 30.5 Å². The summed E-state index contributed by atoms with van der Waals surface area (Å²) in [7, 11) is 0. The summed E-state index contributed by atoms with van der Waals surface area (Å²) in [4.78, 5) is 8.40. The summed E-state index contributed by atoms with van der Waals surface area (Å²) in [5.41, 5.74) is 3.06. The van der Waals surface area contributed by atoms with Gasteiger partial charge in [-0.2, -0.15) is 0 Å². The van der Waals surface area contributed by atoms with Crippen LogP contribution < -0.4 is 5.32 Å². The van der Waals surface area contributed by atoms with Crippen molar-refractivity contribution < 1.29 is 0 Å². The Hall–Kier alpha value is -1.61. The first kappa shape index (κ1) is 11.9. The number of nitrogens with one attached hydrogen (secondary N) is 1. The topological polar surface area (TPSA) is 37.8 Å². The Balaban J connectivity index is 2.10. The molecule has 0 radical (unpaired) electrons. The first-order valence-corrected chi connectivity index (χ1v) is 5.82. The van der Waals surface area contributed by atoms with E-state index < -0.39 is 0 Å². The van der Waals surface area contributed by atoms with Gasteiger partial charge in [-0.3, -0.25) is 0 Å². The molecule has 1 aromatic heterocycles. The molecule has 0 bridgehead atoms. The van der Waals surface area contributed by atoms with Gasteiger partial charge in [0.1, 0.15) is 5.82 Å². The highest BCUT2D eigenvalue weighted by Gasteiger charge is 2.02. The highest BCUT2D eigenvalue weighted by Crippen LogP contribution is 2.23. The number of anilines is 1. The van der Waals surface area contributed by atoms with E-state index in [1.54, 1.807) is 6.20 Å². The second kappa shape index (κ2) is 5.15. The minimum Gasteiger partial charge on any atom is -0.379 e. The molecule has 2 aromatic rings. The third-order valence-corrected chi connectivity index (χ3v) is 2.97. The van der Waals surface area contributed by atoms with E-state index in [1.165, 1.54) is 0 Å². The monoisotopic (exact) mass is 247 g/mol.